The normalized spacial score (nSPS) is 26.1. The lowest BCUT2D eigenvalue weighted by atomic mass is 10.1. The van der Waals surface area contributed by atoms with E-state index in [9.17, 15) is 0 Å². The molecule has 3 nitrogen and oxygen atoms in total. The molecule has 2 atom stereocenters. The van der Waals surface area contributed by atoms with Gasteiger partial charge in [0.1, 0.15) is 0 Å². The van der Waals surface area contributed by atoms with Crippen LogP contribution in [0.25, 0.3) is 0 Å². The van der Waals surface area contributed by atoms with Crippen LogP contribution in [0.3, 0.4) is 0 Å². The van der Waals surface area contributed by atoms with Crippen molar-refractivity contribution in [1.82, 2.24) is 10.2 Å². The predicted molar refractivity (Wildman–Crippen MR) is 59.6 cm³/mol. The summed E-state index contributed by atoms with van der Waals surface area (Å²) < 4.78 is 5.19. The van der Waals surface area contributed by atoms with Gasteiger partial charge in [0.25, 0.3) is 0 Å². The zero-order valence-corrected chi connectivity index (χ0v) is 9.75. The fraction of sp³-hybridized carbons (Fsp3) is 1.00. The molecule has 0 aromatic rings. The SMILES string of the molecule is COCC(C)N(C)C1CCCNCC1. The summed E-state index contributed by atoms with van der Waals surface area (Å²) in [4.78, 5) is 2.47. The van der Waals surface area contributed by atoms with E-state index in [2.05, 4.69) is 24.2 Å². The molecule has 84 valence electrons. The minimum atomic E-state index is 0.531. The maximum absolute atomic E-state index is 5.19. The van der Waals surface area contributed by atoms with Gasteiger partial charge in [-0.15, -0.1) is 0 Å². The van der Waals surface area contributed by atoms with Crippen molar-refractivity contribution in [3.05, 3.63) is 0 Å². The third kappa shape index (κ3) is 3.56. The van der Waals surface area contributed by atoms with Gasteiger partial charge in [0.2, 0.25) is 0 Å². The van der Waals surface area contributed by atoms with E-state index >= 15 is 0 Å². The van der Waals surface area contributed by atoms with Crippen LogP contribution in [0.1, 0.15) is 26.2 Å². The molecule has 1 heterocycles. The van der Waals surface area contributed by atoms with Gasteiger partial charge in [-0.05, 0) is 46.3 Å². The summed E-state index contributed by atoms with van der Waals surface area (Å²) in [5.74, 6) is 0. The molecule has 0 radical (unpaired) electrons. The van der Waals surface area contributed by atoms with E-state index in [0.717, 1.165) is 19.2 Å². The van der Waals surface area contributed by atoms with Crippen LogP contribution in [-0.4, -0.2) is 50.8 Å². The van der Waals surface area contributed by atoms with Gasteiger partial charge in [-0.2, -0.15) is 0 Å². The highest BCUT2D eigenvalue weighted by Gasteiger charge is 2.20. The molecular formula is C11H24N2O. The molecule has 3 heteroatoms. The van der Waals surface area contributed by atoms with Crippen molar-refractivity contribution in [1.29, 1.82) is 0 Å². The average molecular weight is 200 g/mol. The molecule has 0 aliphatic carbocycles. The molecule has 1 rings (SSSR count). The first kappa shape index (κ1) is 12.0. The second kappa shape index (κ2) is 6.38. The van der Waals surface area contributed by atoms with Gasteiger partial charge in [-0.25, -0.2) is 0 Å². The monoisotopic (exact) mass is 200 g/mol. The standard InChI is InChI=1S/C11H24N2O/c1-10(9-14-3)13(2)11-5-4-7-12-8-6-11/h10-12H,4-9H2,1-3H3. The number of nitrogens with zero attached hydrogens (tertiary/aromatic N) is 1. The van der Waals surface area contributed by atoms with Crippen LogP contribution in [0.15, 0.2) is 0 Å². The van der Waals surface area contributed by atoms with E-state index in [-0.39, 0.29) is 0 Å². The van der Waals surface area contributed by atoms with Gasteiger partial charge in [0.15, 0.2) is 0 Å². The topological polar surface area (TPSA) is 24.5 Å². The van der Waals surface area contributed by atoms with Crippen molar-refractivity contribution in [2.75, 3.05) is 33.9 Å². The summed E-state index contributed by atoms with van der Waals surface area (Å²) in [6.07, 6.45) is 3.89. The molecule has 0 aromatic carbocycles. The highest BCUT2D eigenvalue weighted by atomic mass is 16.5. The van der Waals surface area contributed by atoms with Crippen LogP contribution in [0.4, 0.5) is 0 Å². The van der Waals surface area contributed by atoms with Gasteiger partial charge in [-0.3, -0.25) is 4.90 Å². The minimum absolute atomic E-state index is 0.531. The van der Waals surface area contributed by atoms with Crippen LogP contribution < -0.4 is 5.32 Å². The summed E-state index contributed by atoms with van der Waals surface area (Å²) in [6.45, 7) is 5.42. The van der Waals surface area contributed by atoms with Crippen molar-refractivity contribution < 1.29 is 4.74 Å². The second-order valence-corrected chi connectivity index (χ2v) is 4.30. The van der Waals surface area contributed by atoms with Crippen molar-refractivity contribution in [3.63, 3.8) is 0 Å². The van der Waals surface area contributed by atoms with E-state index < -0.39 is 0 Å². The maximum Gasteiger partial charge on any atom is 0.0615 e. The van der Waals surface area contributed by atoms with Gasteiger partial charge in [0.05, 0.1) is 6.61 Å². The fourth-order valence-electron chi connectivity index (χ4n) is 2.13. The average Bonchev–Trinajstić information content (AvgIpc) is 2.45. The summed E-state index contributed by atoms with van der Waals surface area (Å²) in [7, 11) is 4.00. The Balaban J connectivity index is 2.36. The van der Waals surface area contributed by atoms with Gasteiger partial charge >= 0.3 is 0 Å². The predicted octanol–water partition coefficient (Wildman–Crippen LogP) is 1.10. The van der Waals surface area contributed by atoms with E-state index in [1.807, 2.05) is 0 Å². The molecular weight excluding hydrogens is 176 g/mol. The van der Waals surface area contributed by atoms with E-state index in [1.165, 1.54) is 25.8 Å². The number of nitrogens with one attached hydrogen (secondary N) is 1. The summed E-state index contributed by atoms with van der Waals surface area (Å²) in [5, 5.41) is 3.45. The largest absolute Gasteiger partial charge is 0.383 e. The van der Waals surface area contributed by atoms with Gasteiger partial charge in [0, 0.05) is 19.2 Å². The van der Waals surface area contributed by atoms with Crippen molar-refractivity contribution in [2.45, 2.75) is 38.3 Å². The first-order chi connectivity index (χ1) is 6.75. The highest BCUT2D eigenvalue weighted by Crippen LogP contribution is 2.14. The van der Waals surface area contributed by atoms with Crippen LogP contribution in [-0.2, 0) is 4.74 Å². The lowest BCUT2D eigenvalue weighted by Gasteiger charge is -2.32. The van der Waals surface area contributed by atoms with Crippen LogP contribution in [0, 0.1) is 0 Å². The first-order valence-electron chi connectivity index (χ1n) is 5.67. The zero-order chi connectivity index (χ0) is 10.4. The summed E-state index contributed by atoms with van der Waals surface area (Å²) >= 11 is 0. The summed E-state index contributed by atoms with van der Waals surface area (Å²) in [5.41, 5.74) is 0. The Morgan fingerprint density at radius 2 is 2.21 bits per heavy atom. The fourth-order valence-corrected chi connectivity index (χ4v) is 2.13. The van der Waals surface area contributed by atoms with E-state index in [4.69, 9.17) is 4.74 Å². The zero-order valence-electron chi connectivity index (χ0n) is 9.75. The molecule has 14 heavy (non-hydrogen) atoms. The van der Waals surface area contributed by atoms with Crippen molar-refractivity contribution in [3.8, 4) is 0 Å². The van der Waals surface area contributed by atoms with Crippen LogP contribution in [0.2, 0.25) is 0 Å². The Bertz CT molecular complexity index is 144. The van der Waals surface area contributed by atoms with E-state index in [1.54, 1.807) is 7.11 Å². The Morgan fingerprint density at radius 3 is 2.93 bits per heavy atom. The van der Waals surface area contributed by atoms with Crippen molar-refractivity contribution in [2.24, 2.45) is 0 Å². The Kier molecular flexibility index (Phi) is 5.45. The second-order valence-electron chi connectivity index (χ2n) is 4.30. The maximum atomic E-state index is 5.19. The Hall–Kier alpha value is -0.120. The smallest absolute Gasteiger partial charge is 0.0615 e. The number of rotatable bonds is 4. The molecule has 0 spiro atoms. The third-order valence-corrected chi connectivity index (χ3v) is 3.22. The molecule has 0 amide bonds. The number of likely N-dealkylation sites (N-methyl/N-ethyl adjacent to an activating group) is 1. The molecule has 0 saturated carbocycles. The van der Waals surface area contributed by atoms with Gasteiger partial charge < -0.3 is 10.1 Å². The number of hydrogen-bond acceptors (Lipinski definition) is 3. The molecule has 1 aliphatic heterocycles. The van der Waals surface area contributed by atoms with Crippen LogP contribution in [0.5, 0.6) is 0 Å². The molecule has 1 saturated heterocycles. The number of methoxy groups -OCH3 is 1. The molecule has 1 aliphatic rings. The quantitative estimate of drug-likeness (QED) is 0.735. The highest BCUT2D eigenvalue weighted by molar-refractivity contribution is 4.77. The number of hydrogen-bond donors (Lipinski definition) is 1. The number of ether oxygens (including phenoxy) is 1. The lowest BCUT2D eigenvalue weighted by Crippen LogP contribution is -2.41. The van der Waals surface area contributed by atoms with E-state index in [0.29, 0.717) is 6.04 Å². The lowest BCUT2D eigenvalue weighted by molar-refractivity contribution is 0.0848. The molecule has 1 fully saturated rings. The summed E-state index contributed by atoms with van der Waals surface area (Å²) in [6, 6.07) is 1.26. The molecule has 0 aromatic heterocycles. The first-order valence-corrected chi connectivity index (χ1v) is 5.67. The molecule has 2 unspecified atom stereocenters. The third-order valence-electron chi connectivity index (χ3n) is 3.22. The van der Waals surface area contributed by atoms with Crippen LogP contribution >= 0.6 is 0 Å². The molecule has 0 bridgehead atoms. The minimum Gasteiger partial charge on any atom is -0.383 e. The Labute approximate surface area is 87.8 Å². The molecule has 1 N–H and O–H groups in total. The Morgan fingerprint density at radius 1 is 1.43 bits per heavy atom. The van der Waals surface area contributed by atoms with Crippen molar-refractivity contribution >= 4 is 0 Å². The van der Waals surface area contributed by atoms with Gasteiger partial charge in [-0.1, -0.05) is 0 Å².